The summed E-state index contributed by atoms with van der Waals surface area (Å²) in [5.74, 6) is 0. The number of halogens is 2. The second kappa shape index (κ2) is 4.73. The van der Waals surface area contributed by atoms with Gasteiger partial charge in [-0.3, -0.25) is 0 Å². The van der Waals surface area contributed by atoms with Gasteiger partial charge in [0, 0.05) is 6.04 Å². The van der Waals surface area contributed by atoms with Gasteiger partial charge in [0.15, 0.2) is 0 Å². The van der Waals surface area contributed by atoms with Gasteiger partial charge >= 0.3 is 0 Å². The summed E-state index contributed by atoms with van der Waals surface area (Å²) >= 11 is 12.0. The molecule has 1 aromatic carbocycles. The van der Waals surface area contributed by atoms with Crippen LogP contribution in [0, 0.1) is 6.92 Å². The van der Waals surface area contributed by atoms with Crippen molar-refractivity contribution in [1.29, 1.82) is 0 Å². The summed E-state index contributed by atoms with van der Waals surface area (Å²) in [7, 11) is 0. The fourth-order valence-corrected chi connectivity index (χ4v) is 2.54. The molecule has 1 aromatic rings. The van der Waals surface area contributed by atoms with Crippen molar-refractivity contribution in [3.8, 4) is 0 Å². The Morgan fingerprint density at radius 3 is 2.60 bits per heavy atom. The van der Waals surface area contributed by atoms with E-state index in [-0.39, 0.29) is 0 Å². The number of hydrogen-bond donors (Lipinski definition) is 1. The van der Waals surface area contributed by atoms with Crippen LogP contribution in [0.25, 0.3) is 0 Å². The third-order valence-corrected chi connectivity index (χ3v) is 3.72. The van der Waals surface area contributed by atoms with Crippen molar-refractivity contribution in [3.63, 3.8) is 0 Å². The Morgan fingerprint density at radius 2 is 1.93 bits per heavy atom. The van der Waals surface area contributed by atoms with Crippen LogP contribution in [0.2, 0.25) is 10.0 Å². The normalized spacial score (nSPS) is 21.7. The Morgan fingerprint density at radius 1 is 1.20 bits per heavy atom. The molecule has 0 aromatic heterocycles. The number of nitrogens with one attached hydrogen (secondary N) is 1. The van der Waals surface area contributed by atoms with Gasteiger partial charge in [-0.2, -0.15) is 0 Å². The van der Waals surface area contributed by atoms with Crippen molar-refractivity contribution >= 4 is 23.2 Å². The highest BCUT2D eigenvalue weighted by Crippen LogP contribution is 2.31. The zero-order valence-electron chi connectivity index (χ0n) is 8.82. The van der Waals surface area contributed by atoms with Gasteiger partial charge in [0.2, 0.25) is 0 Å². The average Bonchev–Trinajstić information content (AvgIpc) is 2.25. The van der Waals surface area contributed by atoms with E-state index < -0.39 is 0 Å². The quantitative estimate of drug-likeness (QED) is 0.783. The van der Waals surface area contributed by atoms with Gasteiger partial charge in [-0.1, -0.05) is 29.6 Å². The minimum Gasteiger partial charge on any atom is -0.310 e. The summed E-state index contributed by atoms with van der Waals surface area (Å²) in [6.45, 7) is 3.19. The fourth-order valence-electron chi connectivity index (χ4n) is 2.15. The fraction of sp³-hybridized carbons (Fsp3) is 0.500. The van der Waals surface area contributed by atoms with Crippen LogP contribution < -0.4 is 5.32 Å². The maximum absolute atomic E-state index is 6.05. The predicted molar refractivity (Wildman–Crippen MR) is 65.8 cm³/mol. The minimum absolute atomic E-state index is 0.452. The molecule has 0 aliphatic carbocycles. The van der Waals surface area contributed by atoms with Crippen LogP contribution in [0.5, 0.6) is 0 Å². The first-order valence-corrected chi connectivity index (χ1v) is 6.13. The molecule has 0 bridgehead atoms. The molecule has 1 saturated heterocycles. The molecule has 2 rings (SSSR count). The topological polar surface area (TPSA) is 12.0 Å². The summed E-state index contributed by atoms with van der Waals surface area (Å²) in [5, 5.41) is 4.83. The molecule has 1 atom stereocenters. The van der Waals surface area contributed by atoms with Gasteiger partial charge in [-0.15, -0.1) is 0 Å². The van der Waals surface area contributed by atoms with E-state index in [2.05, 4.69) is 12.2 Å². The van der Waals surface area contributed by atoms with E-state index in [1.54, 1.807) is 0 Å². The Labute approximate surface area is 101 Å². The Balaban J connectivity index is 2.30. The van der Waals surface area contributed by atoms with E-state index in [0.717, 1.165) is 6.54 Å². The van der Waals surface area contributed by atoms with Crippen molar-refractivity contribution in [3.05, 3.63) is 33.3 Å². The molecule has 1 nitrogen and oxygen atoms in total. The zero-order valence-corrected chi connectivity index (χ0v) is 10.3. The van der Waals surface area contributed by atoms with E-state index in [0.29, 0.717) is 16.1 Å². The van der Waals surface area contributed by atoms with Gasteiger partial charge in [0.1, 0.15) is 0 Å². The van der Waals surface area contributed by atoms with Gasteiger partial charge < -0.3 is 5.32 Å². The van der Waals surface area contributed by atoms with Gasteiger partial charge in [0.05, 0.1) is 10.0 Å². The average molecular weight is 244 g/mol. The lowest BCUT2D eigenvalue weighted by molar-refractivity contribution is 0.411. The molecule has 0 radical (unpaired) electrons. The van der Waals surface area contributed by atoms with Crippen molar-refractivity contribution < 1.29 is 0 Å². The monoisotopic (exact) mass is 243 g/mol. The van der Waals surface area contributed by atoms with Crippen molar-refractivity contribution in [2.45, 2.75) is 32.2 Å². The smallest absolute Gasteiger partial charge is 0.0595 e. The maximum atomic E-state index is 6.05. The predicted octanol–water partition coefficient (Wildman–Crippen LogP) is 4.12. The standard InChI is InChI=1S/C12H15Cl2N/c1-8-6-10(13)11(14)7-9(8)12-4-2-3-5-15-12/h6-7,12,15H,2-5H2,1H3. The SMILES string of the molecule is Cc1cc(Cl)c(Cl)cc1C1CCCCN1. The molecule has 1 aliphatic heterocycles. The largest absolute Gasteiger partial charge is 0.310 e. The Bertz CT molecular complexity index is 357. The lowest BCUT2D eigenvalue weighted by Gasteiger charge is -2.25. The number of benzene rings is 1. The highest BCUT2D eigenvalue weighted by Gasteiger charge is 2.17. The molecule has 0 spiro atoms. The van der Waals surface area contributed by atoms with Crippen LogP contribution in [-0.2, 0) is 0 Å². The molecule has 1 heterocycles. The number of rotatable bonds is 1. The summed E-state index contributed by atoms with van der Waals surface area (Å²) in [6.07, 6.45) is 3.76. The van der Waals surface area contributed by atoms with Crippen LogP contribution >= 0.6 is 23.2 Å². The van der Waals surface area contributed by atoms with E-state index in [1.165, 1.54) is 30.4 Å². The third-order valence-electron chi connectivity index (χ3n) is 2.99. The van der Waals surface area contributed by atoms with Crippen LogP contribution in [0.4, 0.5) is 0 Å². The molecule has 1 aliphatic rings. The molecule has 0 saturated carbocycles. The highest BCUT2D eigenvalue weighted by atomic mass is 35.5. The summed E-state index contributed by atoms with van der Waals surface area (Å²) in [4.78, 5) is 0. The first-order chi connectivity index (χ1) is 7.18. The summed E-state index contributed by atoms with van der Waals surface area (Å²) < 4.78 is 0. The molecular weight excluding hydrogens is 229 g/mol. The Kier molecular flexibility index (Phi) is 3.55. The van der Waals surface area contributed by atoms with Crippen LogP contribution in [0.15, 0.2) is 12.1 Å². The zero-order chi connectivity index (χ0) is 10.8. The maximum Gasteiger partial charge on any atom is 0.0595 e. The lowest BCUT2D eigenvalue weighted by Crippen LogP contribution is -2.27. The van der Waals surface area contributed by atoms with E-state index >= 15 is 0 Å². The first kappa shape index (κ1) is 11.3. The molecule has 1 unspecified atom stereocenters. The van der Waals surface area contributed by atoms with Gasteiger partial charge in [0.25, 0.3) is 0 Å². The van der Waals surface area contributed by atoms with Crippen LogP contribution in [-0.4, -0.2) is 6.54 Å². The number of piperidine rings is 1. The van der Waals surface area contributed by atoms with Crippen molar-refractivity contribution in [2.24, 2.45) is 0 Å². The highest BCUT2D eigenvalue weighted by molar-refractivity contribution is 6.42. The Hall–Kier alpha value is -0.240. The van der Waals surface area contributed by atoms with Crippen molar-refractivity contribution in [2.75, 3.05) is 6.54 Å². The molecule has 3 heteroatoms. The van der Waals surface area contributed by atoms with E-state index in [1.807, 2.05) is 12.1 Å². The van der Waals surface area contributed by atoms with Gasteiger partial charge in [-0.25, -0.2) is 0 Å². The first-order valence-electron chi connectivity index (χ1n) is 5.37. The second-order valence-electron chi connectivity index (χ2n) is 4.13. The number of aryl methyl sites for hydroxylation is 1. The van der Waals surface area contributed by atoms with Crippen molar-refractivity contribution in [1.82, 2.24) is 5.32 Å². The molecule has 82 valence electrons. The van der Waals surface area contributed by atoms with Gasteiger partial charge in [-0.05, 0) is 49.6 Å². The molecule has 1 N–H and O–H groups in total. The number of hydrogen-bond acceptors (Lipinski definition) is 1. The minimum atomic E-state index is 0.452. The van der Waals surface area contributed by atoms with E-state index in [9.17, 15) is 0 Å². The molecule has 15 heavy (non-hydrogen) atoms. The summed E-state index contributed by atoms with van der Waals surface area (Å²) in [5.41, 5.74) is 2.52. The second-order valence-corrected chi connectivity index (χ2v) is 4.94. The van der Waals surface area contributed by atoms with Crippen LogP contribution in [0.1, 0.15) is 36.4 Å². The third kappa shape index (κ3) is 2.47. The molecule has 1 fully saturated rings. The summed E-state index contributed by atoms with van der Waals surface area (Å²) in [6, 6.07) is 4.41. The van der Waals surface area contributed by atoms with Crippen LogP contribution in [0.3, 0.4) is 0 Å². The van der Waals surface area contributed by atoms with E-state index in [4.69, 9.17) is 23.2 Å². The molecular formula is C12H15Cl2N. The molecule has 0 amide bonds. The lowest BCUT2D eigenvalue weighted by atomic mass is 9.94.